The van der Waals surface area contributed by atoms with Gasteiger partial charge in [0.1, 0.15) is 27.8 Å². The maximum absolute atomic E-state index is 11.7. The fraction of sp³-hybridized carbons (Fsp3) is 0.938. The van der Waals surface area contributed by atoms with Crippen molar-refractivity contribution >= 4 is 21.8 Å². The van der Waals surface area contributed by atoms with Crippen LogP contribution in [0.4, 0.5) is 0 Å². The van der Waals surface area contributed by atoms with Crippen LogP contribution < -0.4 is 5.32 Å². The molecule has 168 valence electrons. The SMILES string of the molecule is C[N+](C)(C)CCOP(=O)(O)OCC(=O)NCCCCCC[Si](CO)(CO)CO. The van der Waals surface area contributed by atoms with Gasteiger partial charge >= 0.3 is 7.82 Å². The number of hydrogen-bond donors (Lipinski definition) is 5. The molecule has 0 radical (unpaired) electrons. The first-order chi connectivity index (χ1) is 13.0. The van der Waals surface area contributed by atoms with Crippen molar-refractivity contribution in [3.63, 3.8) is 0 Å². The predicted molar refractivity (Wildman–Crippen MR) is 108 cm³/mol. The smallest absolute Gasteiger partial charge is 0.399 e. The molecule has 0 bridgehead atoms. The summed E-state index contributed by atoms with van der Waals surface area (Å²) < 4.78 is 21.8. The van der Waals surface area contributed by atoms with Gasteiger partial charge in [0.15, 0.2) is 0 Å². The van der Waals surface area contributed by atoms with E-state index in [-0.39, 0.29) is 25.3 Å². The fourth-order valence-corrected chi connectivity index (χ4v) is 4.69. The molecule has 0 aliphatic heterocycles. The van der Waals surface area contributed by atoms with E-state index in [0.29, 0.717) is 23.6 Å². The Labute approximate surface area is 168 Å². The molecule has 0 aromatic carbocycles. The third kappa shape index (κ3) is 13.8. The highest BCUT2D eigenvalue weighted by Crippen LogP contribution is 2.42. The molecular weight excluding hydrogens is 407 g/mol. The van der Waals surface area contributed by atoms with E-state index >= 15 is 0 Å². The summed E-state index contributed by atoms with van der Waals surface area (Å²) in [5.74, 6) is -0.489. The van der Waals surface area contributed by atoms with Crippen molar-refractivity contribution in [3.8, 4) is 0 Å². The molecule has 0 spiro atoms. The molecule has 0 aromatic heterocycles. The topological polar surface area (TPSA) is 146 Å². The molecule has 0 fully saturated rings. The zero-order valence-electron chi connectivity index (χ0n) is 17.3. The van der Waals surface area contributed by atoms with Crippen molar-refractivity contribution in [2.45, 2.75) is 31.7 Å². The maximum atomic E-state index is 11.7. The second kappa shape index (κ2) is 13.8. The molecule has 1 unspecified atom stereocenters. The second-order valence-corrected chi connectivity index (χ2v) is 14.0. The molecule has 5 N–H and O–H groups in total. The number of likely N-dealkylation sites (N-methyl/N-ethyl adjacent to an activating group) is 1. The van der Waals surface area contributed by atoms with Crippen molar-refractivity contribution in [1.82, 2.24) is 5.32 Å². The molecule has 0 saturated heterocycles. The lowest BCUT2D eigenvalue weighted by atomic mass is 10.2. The van der Waals surface area contributed by atoms with Gasteiger partial charge in [0.05, 0.1) is 21.1 Å². The number of rotatable bonds is 17. The van der Waals surface area contributed by atoms with Crippen LogP contribution in [0, 0.1) is 0 Å². The van der Waals surface area contributed by atoms with Gasteiger partial charge in [-0.3, -0.25) is 13.8 Å². The number of carbonyl (C=O) groups excluding carboxylic acids is 1. The van der Waals surface area contributed by atoms with Crippen LogP contribution in [0.2, 0.25) is 6.04 Å². The number of quaternary nitrogens is 1. The largest absolute Gasteiger partial charge is 0.472 e. The van der Waals surface area contributed by atoms with Gasteiger partial charge < -0.3 is 30.0 Å². The van der Waals surface area contributed by atoms with Crippen molar-refractivity contribution in [2.75, 3.05) is 66.1 Å². The molecule has 12 heteroatoms. The highest BCUT2D eigenvalue weighted by Gasteiger charge is 2.30. The fourth-order valence-electron chi connectivity index (χ4n) is 2.25. The van der Waals surface area contributed by atoms with Gasteiger partial charge in [-0.05, 0) is 6.42 Å². The number of hydrogen-bond acceptors (Lipinski definition) is 7. The van der Waals surface area contributed by atoms with Crippen molar-refractivity contribution in [3.05, 3.63) is 0 Å². The van der Waals surface area contributed by atoms with E-state index in [1.54, 1.807) is 0 Å². The van der Waals surface area contributed by atoms with Crippen LogP contribution >= 0.6 is 7.82 Å². The highest BCUT2D eigenvalue weighted by atomic mass is 31.2. The third-order valence-electron chi connectivity index (χ3n) is 4.34. The van der Waals surface area contributed by atoms with Crippen molar-refractivity contribution in [1.29, 1.82) is 0 Å². The molecule has 10 nitrogen and oxygen atoms in total. The first-order valence-electron chi connectivity index (χ1n) is 9.51. The Morgan fingerprint density at radius 1 is 1.00 bits per heavy atom. The number of aliphatic hydroxyl groups is 3. The van der Waals surface area contributed by atoms with Gasteiger partial charge in [-0.25, -0.2) is 4.57 Å². The van der Waals surface area contributed by atoms with Crippen LogP contribution in [-0.4, -0.2) is 105 Å². The minimum Gasteiger partial charge on any atom is -0.399 e. The van der Waals surface area contributed by atoms with Crippen LogP contribution in [0.5, 0.6) is 0 Å². The van der Waals surface area contributed by atoms with Crippen molar-refractivity contribution in [2.24, 2.45) is 0 Å². The minimum absolute atomic E-state index is 0.0475. The number of phosphoric ester groups is 1. The van der Waals surface area contributed by atoms with Gasteiger partial charge in [0, 0.05) is 25.2 Å². The van der Waals surface area contributed by atoms with Crippen LogP contribution in [-0.2, 0) is 18.4 Å². The lowest BCUT2D eigenvalue weighted by Crippen LogP contribution is -2.48. The van der Waals surface area contributed by atoms with Gasteiger partial charge in [0.2, 0.25) is 5.91 Å². The zero-order valence-corrected chi connectivity index (χ0v) is 19.2. The van der Waals surface area contributed by atoms with Gasteiger partial charge in [-0.2, -0.15) is 0 Å². The van der Waals surface area contributed by atoms with Crippen LogP contribution in [0.25, 0.3) is 0 Å². The van der Waals surface area contributed by atoms with Crippen molar-refractivity contribution < 1.29 is 43.1 Å². The van der Waals surface area contributed by atoms with Crippen LogP contribution in [0.15, 0.2) is 0 Å². The summed E-state index contributed by atoms with van der Waals surface area (Å²) in [7, 11) is -0.813. The lowest BCUT2D eigenvalue weighted by molar-refractivity contribution is -0.870. The van der Waals surface area contributed by atoms with E-state index in [2.05, 4.69) is 9.84 Å². The Balaban J connectivity index is 3.81. The second-order valence-electron chi connectivity index (χ2n) is 8.08. The molecule has 0 rings (SSSR count). The van der Waals surface area contributed by atoms with Crippen LogP contribution in [0.3, 0.4) is 0 Å². The number of nitrogens with one attached hydrogen (secondary N) is 1. The van der Waals surface area contributed by atoms with E-state index in [1.165, 1.54) is 0 Å². The molecule has 28 heavy (non-hydrogen) atoms. The van der Waals surface area contributed by atoms with E-state index in [1.807, 2.05) is 21.1 Å². The number of nitrogens with zero attached hydrogens (tertiary/aromatic N) is 1. The number of amides is 1. The van der Waals surface area contributed by atoms with Gasteiger partial charge in [-0.1, -0.05) is 25.3 Å². The Morgan fingerprint density at radius 2 is 1.57 bits per heavy atom. The maximum Gasteiger partial charge on any atom is 0.472 e. The Morgan fingerprint density at radius 3 is 2.11 bits per heavy atom. The highest BCUT2D eigenvalue weighted by molar-refractivity contribution is 7.47. The van der Waals surface area contributed by atoms with E-state index in [4.69, 9.17) is 4.52 Å². The standard InChI is InChI=1S/C16H37N2O8PSi/c1-18(2,3)9-10-25-27(23,24)26-12-16(22)17-8-6-4-5-7-11-28(13-19,14-20)15-21/h19-21H,4-15H2,1-3H3,(H-,17,22,23,24)/p+1. The molecule has 0 heterocycles. The van der Waals surface area contributed by atoms with Crippen LogP contribution in [0.1, 0.15) is 25.7 Å². The molecular formula is C16H38N2O8PSi+. The Bertz CT molecular complexity index is 477. The summed E-state index contributed by atoms with van der Waals surface area (Å²) in [6, 6.07) is 0.663. The first kappa shape index (κ1) is 27.6. The monoisotopic (exact) mass is 445 g/mol. The summed E-state index contributed by atoms with van der Waals surface area (Å²) >= 11 is 0. The zero-order chi connectivity index (χ0) is 21.7. The lowest BCUT2D eigenvalue weighted by Gasteiger charge is -2.24. The van der Waals surface area contributed by atoms with E-state index < -0.39 is 28.4 Å². The summed E-state index contributed by atoms with van der Waals surface area (Å²) in [5, 5.41) is 30.5. The predicted octanol–water partition coefficient (Wildman–Crippen LogP) is -0.454. The Kier molecular flexibility index (Phi) is 13.6. The molecule has 0 aromatic rings. The number of carbonyl (C=O) groups is 1. The summed E-state index contributed by atoms with van der Waals surface area (Å²) in [6.07, 6.45) is 2.89. The Hall–Kier alpha value is -0.363. The third-order valence-corrected chi connectivity index (χ3v) is 8.73. The minimum atomic E-state index is -4.24. The molecule has 0 saturated carbocycles. The summed E-state index contributed by atoms with van der Waals surface area (Å²) in [4.78, 5) is 21.2. The summed E-state index contributed by atoms with van der Waals surface area (Å²) in [5.41, 5.74) is 0. The quantitative estimate of drug-likeness (QED) is 0.0876. The molecule has 1 atom stereocenters. The van der Waals surface area contributed by atoms with E-state index in [9.17, 15) is 29.6 Å². The summed E-state index contributed by atoms with van der Waals surface area (Å²) in [6.45, 7) is 0.448. The molecule has 1 amide bonds. The van der Waals surface area contributed by atoms with E-state index in [0.717, 1.165) is 25.7 Å². The molecule has 0 aliphatic carbocycles. The number of phosphoric acid groups is 1. The average Bonchev–Trinajstić information content (AvgIpc) is 2.62. The van der Waals surface area contributed by atoms with Gasteiger partial charge in [0.25, 0.3) is 0 Å². The molecule has 0 aliphatic rings. The number of unbranched alkanes of at least 4 members (excludes halogenated alkanes) is 3. The normalized spacial score (nSPS) is 14.7. The average molecular weight is 446 g/mol. The first-order valence-corrected chi connectivity index (χ1v) is 13.8. The van der Waals surface area contributed by atoms with Gasteiger partial charge in [-0.15, -0.1) is 0 Å². The number of aliphatic hydroxyl groups excluding tert-OH is 3.